The average molecular weight is 515 g/mol. The largest absolute Gasteiger partial charge is 0.573 e. The summed E-state index contributed by atoms with van der Waals surface area (Å²) in [4.78, 5) is 18.1. The topological polar surface area (TPSA) is 95.5 Å². The van der Waals surface area contributed by atoms with E-state index in [4.69, 9.17) is 9.15 Å². The number of rotatable bonds is 11. The Morgan fingerprint density at radius 1 is 1.05 bits per heavy atom. The predicted octanol–water partition coefficient (Wildman–Crippen LogP) is 5.04. The molecule has 12 heteroatoms. The predicted molar refractivity (Wildman–Crippen MR) is 126 cm³/mol. The number of halogens is 3. The number of alkyl halides is 3. The molecular formula is C25H24F3N5O4. The van der Waals surface area contributed by atoms with Crippen molar-refractivity contribution in [1.82, 2.24) is 20.0 Å². The minimum atomic E-state index is -4.79. The highest BCUT2D eigenvalue weighted by Crippen LogP contribution is 2.25. The lowest BCUT2D eigenvalue weighted by atomic mass is 10.1. The van der Waals surface area contributed by atoms with Crippen LogP contribution in [0.1, 0.15) is 34.8 Å². The first-order chi connectivity index (χ1) is 17.8. The molecule has 0 unspecified atom stereocenters. The number of ether oxygens (including phenoxy) is 2. The Labute approximate surface area is 210 Å². The molecule has 0 saturated carbocycles. The Morgan fingerprint density at radius 3 is 2.46 bits per heavy atom. The van der Waals surface area contributed by atoms with Gasteiger partial charge in [-0.3, -0.25) is 9.48 Å². The zero-order valence-electron chi connectivity index (χ0n) is 19.9. The van der Waals surface area contributed by atoms with E-state index >= 15 is 0 Å². The van der Waals surface area contributed by atoms with Crippen molar-refractivity contribution in [3.05, 3.63) is 84.3 Å². The van der Waals surface area contributed by atoms with Crippen LogP contribution in [0.15, 0.2) is 71.6 Å². The number of aromatic nitrogens is 4. The normalized spacial score (nSPS) is 11.4. The number of carbonyl (C=O) groups excluding carboxylic acids is 1. The third-order valence-electron chi connectivity index (χ3n) is 5.39. The maximum atomic E-state index is 12.7. The van der Waals surface area contributed by atoms with Gasteiger partial charge in [-0.2, -0.15) is 0 Å². The third-order valence-corrected chi connectivity index (χ3v) is 5.39. The number of hydrogen-bond acceptors (Lipinski definition) is 7. The van der Waals surface area contributed by atoms with Crippen molar-refractivity contribution in [2.75, 3.05) is 11.9 Å². The molecule has 194 valence electrons. The van der Waals surface area contributed by atoms with Crippen LogP contribution in [0.2, 0.25) is 0 Å². The minimum Gasteiger partial charge on any atom is -0.484 e. The highest BCUT2D eigenvalue weighted by atomic mass is 19.4. The Morgan fingerprint density at radius 2 is 1.78 bits per heavy atom. The molecule has 4 aromatic rings. The molecule has 0 aliphatic carbocycles. The fourth-order valence-corrected chi connectivity index (χ4v) is 3.49. The fraction of sp³-hybridized carbons (Fsp3) is 0.280. The van der Waals surface area contributed by atoms with Gasteiger partial charge in [0, 0.05) is 25.5 Å². The van der Waals surface area contributed by atoms with Gasteiger partial charge in [0.1, 0.15) is 17.8 Å². The van der Waals surface area contributed by atoms with Crippen molar-refractivity contribution >= 4 is 11.6 Å². The summed E-state index contributed by atoms with van der Waals surface area (Å²) in [5.41, 5.74) is 1.59. The van der Waals surface area contributed by atoms with Gasteiger partial charge in [0.2, 0.25) is 5.89 Å². The van der Waals surface area contributed by atoms with Gasteiger partial charge in [-0.05, 0) is 61.2 Å². The lowest BCUT2D eigenvalue weighted by molar-refractivity contribution is -0.274. The summed E-state index contributed by atoms with van der Waals surface area (Å²) in [6.07, 6.45) is 2.89. The van der Waals surface area contributed by atoms with E-state index in [1.807, 2.05) is 35.1 Å². The molecule has 0 aliphatic rings. The van der Waals surface area contributed by atoms with Crippen LogP contribution in [0, 0.1) is 0 Å². The Bertz CT molecular complexity index is 1270. The van der Waals surface area contributed by atoms with E-state index in [2.05, 4.69) is 20.0 Å². The molecule has 0 aliphatic heterocycles. The van der Waals surface area contributed by atoms with E-state index in [9.17, 15) is 18.0 Å². The summed E-state index contributed by atoms with van der Waals surface area (Å²) >= 11 is 0. The molecule has 0 saturated heterocycles. The molecule has 2 heterocycles. The van der Waals surface area contributed by atoms with Crippen LogP contribution in [0.5, 0.6) is 11.5 Å². The fourth-order valence-electron chi connectivity index (χ4n) is 3.49. The van der Waals surface area contributed by atoms with E-state index in [1.165, 1.54) is 35.9 Å². The minimum absolute atomic E-state index is 0.0255. The number of unbranched alkanes of at least 4 members (excludes halogenated alkanes) is 1. The van der Waals surface area contributed by atoms with E-state index in [1.54, 1.807) is 6.20 Å². The van der Waals surface area contributed by atoms with Crippen LogP contribution < -0.4 is 14.4 Å². The van der Waals surface area contributed by atoms with E-state index in [-0.39, 0.29) is 23.9 Å². The standard InChI is InChI=1S/C25H24F3N5O4/c1-32(19-7-11-21(12-8-19)37-25(26,27)28)24(34)22-16-36-23(30-22)17-35-20-9-5-18(6-10-20)4-2-3-14-33-15-13-29-31-33/h5-13,15-16H,2-4,14,17H2,1H3. The van der Waals surface area contributed by atoms with Gasteiger partial charge in [-0.15, -0.1) is 18.3 Å². The molecule has 1 amide bonds. The Kier molecular flexibility index (Phi) is 8.06. The second-order valence-corrected chi connectivity index (χ2v) is 8.09. The van der Waals surface area contributed by atoms with Gasteiger partial charge < -0.3 is 18.8 Å². The summed E-state index contributed by atoms with van der Waals surface area (Å²) in [7, 11) is 1.48. The molecule has 2 aromatic heterocycles. The number of nitrogens with zero attached hydrogens (tertiary/aromatic N) is 5. The van der Waals surface area contributed by atoms with E-state index in [0.717, 1.165) is 37.9 Å². The second kappa shape index (κ2) is 11.6. The van der Waals surface area contributed by atoms with Crippen LogP contribution in [0.4, 0.5) is 18.9 Å². The monoisotopic (exact) mass is 515 g/mol. The smallest absolute Gasteiger partial charge is 0.484 e. The average Bonchev–Trinajstić information content (AvgIpc) is 3.57. The zero-order chi connectivity index (χ0) is 26.3. The summed E-state index contributed by atoms with van der Waals surface area (Å²) in [5.74, 6) is -0.0274. The van der Waals surface area contributed by atoms with E-state index < -0.39 is 12.3 Å². The first kappa shape index (κ1) is 25.7. The molecule has 9 nitrogen and oxygen atoms in total. The van der Waals surface area contributed by atoms with Crippen molar-refractivity contribution in [3.63, 3.8) is 0 Å². The van der Waals surface area contributed by atoms with Gasteiger partial charge in [0.05, 0.1) is 6.20 Å². The SMILES string of the molecule is CN(C(=O)c1coc(COc2ccc(CCCCn3ccnn3)cc2)n1)c1ccc(OC(F)(F)F)cc1. The van der Waals surface area contributed by atoms with Crippen LogP contribution in [0.25, 0.3) is 0 Å². The second-order valence-electron chi connectivity index (χ2n) is 8.09. The first-order valence-corrected chi connectivity index (χ1v) is 11.4. The summed E-state index contributed by atoms with van der Waals surface area (Å²) in [6, 6.07) is 12.6. The lowest BCUT2D eigenvalue weighted by Crippen LogP contribution is -2.26. The van der Waals surface area contributed by atoms with Gasteiger partial charge in [-0.25, -0.2) is 4.98 Å². The maximum absolute atomic E-state index is 12.7. The highest BCUT2D eigenvalue weighted by molar-refractivity contribution is 6.04. The molecule has 37 heavy (non-hydrogen) atoms. The number of hydrogen-bond donors (Lipinski definition) is 0. The van der Waals surface area contributed by atoms with Crippen molar-refractivity contribution in [1.29, 1.82) is 0 Å². The third kappa shape index (κ3) is 7.56. The Hall–Kier alpha value is -4.35. The quantitative estimate of drug-likeness (QED) is 0.258. The highest BCUT2D eigenvalue weighted by Gasteiger charge is 2.31. The molecular weight excluding hydrogens is 491 g/mol. The van der Waals surface area contributed by atoms with Gasteiger partial charge in [0.15, 0.2) is 12.3 Å². The summed E-state index contributed by atoms with van der Waals surface area (Å²) in [6.45, 7) is 0.860. The number of benzene rings is 2. The molecule has 0 N–H and O–H groups in total. The number of oxazole rings is 1. The summed E-state index contributed by atoms with van der Waals surface area (Å²) in [5, 5.41) is 7.73. The Balaban J connectivity index is 1.24. The number of anilines is 1. The first-order valence-electron chi connectivity index (χ1n) is 11.4. The van der Waals surface area contributed by atoms with Crippen LogP contribution in [0.3, 0.4) is 0 Å². The van der Waals surface area contributed by atoms with Gasteiger partial charge >= 0.3 is 6.36 Å². The molecule has 0 bridgehead atoms. The maximum Gasteiger partial charge on any atom is 0.573 e. The lowest BCUT2D eigenvalue weighted by Gasteiger charge is -2.16. The van der Waals surface area contributed by atoms with Gasteiger partial charge in [0.25, 0.3) is 5.91 Å². The van der Waals surface area contributed by atoms with Crippen LogP contribution in [-0.4, -0.2) is 39.3 Å². The molecule has 0 radical (unpaired) electrons. The van der Waals surface area contributed by atoms with E-state index in [0.29, 0.717) is 11.4 Å². The van der Waals surface area contributed by atoms with Gasteiger partial charge in [-0.1, -0.05) is 17.3 Å². The zero-order valence-corrected chi connectivity index (χ0v) is 19.9. The molecule has 0 atom stereocenters. The number of amides is 1. The number of carbonyl (C=O) groups is 1. The van der Waals surface area contributed by atoms with Crippen molar-refractivity contribution in [3.8, 4) is 11.5 Å². The molecule has 4 rings (SSSR count). The molecule has 0 fully saturated rings. The van der Waals surface area contributed by atoms with Crippen LogP contribution >= 0.6 is 0 Å². The van der Waals surface area contributed by atoms with Crippen molar-refractivity contribution in [2.45, 2.75) is 38.8 Å². The number of aryl methyl sites for hydroxylation is 2. The molecule has 2 aromatic carbocycles. The van der Waals surface area contributed by atoms with Crippen LogP contribution in [-0.2, 0) is 19.6 Å². The summed E-state index contributed by atoms with van der Waals surface area (Å²) < 4.78 is 53.7. The molecule has 0 spiro atoms. The van der Waals surface area contributed by atoms with Crippen molar-refractivity contribution < 1.29 is 31.9 Å². The van der Waals surface area contributed by atoms with Crippen molar-refractivity contribution in [2.24, 2.45) is 0 Å².